The van der Waals surface area contributed by atoms with Crippen LogP contribution in [0.1, 0.15) is 5.56 Å². The molecule has 0 saturated heterocycles. The van der Waals surface area contributed by atoms with Gasteiger partial charge in [-0.15, -0.1) is 0 Å². The molecule has 1 N–H and O–H groups in total. The molecule has 6 heteroatoms. The first-order valence-corrected chi connectivity index (χ1v) is 6.90. The van der Waals surface area contributed by atoms with Gasteiger partial charge in [-0.1, -0.05) is 17.7 Å². The fraction of sp³-hybridized carbons (Fsp3) is 0.188. The first-order valence-electron chi connectivity index (χ1n) is 6.52. The number of hydrogen-bond acceptors (Lipinski definition) is 5. The SMILES string of the molecule is COc1cc(C=NNc2cccc(Cl)c2)cc(OC)c1OC. The van der Waals surface area contributed by atoms with Crippen LogP contribution in [0.5, 0.6) is 17.2 Å². The molecule has 0 radical (unpaired) electrons. The van der Waals surface area contributed by atoms with Crippen LogP contribution >= 0.6 is 11.6 Å². The van der Waals surface area contributed by atoms with Gasteiger partial charge in [-0.05, 0) is 30.3 Å². The highest BCUT2D eigenvalue weighted by Crippen LogP contribution is 2.37. The van der Waals surface area contributed by atoms with Crippen LogP contribution in [0.25, 0.3) is 0 Å². The van der Waals surface area contributed by atoms with Gasteiger partial charge in [0.2, 0.25) is 5.75 Å². The lowest BCUT2D eigenvalue weighted by atomic mass is 10.2. The molecule has 0 atom stereocenters. The van der Waals surface area contributed by atoms with Crippen molar-refractivity contribution in [1.29, 1.82) is 0 Å². The summed E-state index contributed by atoms with van der Waals surface area (Å²) in [5, 5.41) is 4.82. The van der Waals surface area contributed by atoms with Crippen LogP contribution in [0.4, 0.5) is 5.69 Å². The van der Waals surface area contributed by atoms with Crippen LogP contribution in [0, 0.1) is 0 Å². The second kappa shape index (κ2) is 7.56. The second-order valence-corrected chi connectivity index (χ2v) is 4.78. The van der Waals surface area contributed by atoms with E-state index in [-0.39, 0.29) is 0 Å². The number of benzene rings is 2. The van der Waals surface area contributed by atoms with Crippen LogP contribution in [-0.4, -0.2) is 27.5 Å². The Bertz CT molecular complexity index is 649. The molecule has 0 heterocycles. The van der Waals surface area contributed by atoms with E-state index in [0.717, 1.165) is 11.3 Å². The lowest BCUT2D eigenvalue weighted by molar-refractivity contribution is 0.324. The van der Waals surface area contributed by atoms with E-state index in [1.54, 1.807) is 39.7 Å². The minimum atomic E-state index is 0.546. The minimum absolute atomic E-state index is 0.546. The van der Waals surface area contributed by atoms with Crippen molar-refractivity contribution >= 4 is 23.5 Å². The zero-order valence-electron chi connectivity index (χ0n) is 12.6. The van der Waals surface area contributed by atoms with Crippen molar-refractivity contribution in [2.24, 2.45) is 5.10 Å². The molecule has 22 heavy (non-hydrogen) atoms. The van der Waals surface area contributed by atoms with Gasteiger partial charge in [-0.2, -0.15) is 5.10 Å². The van der Waals surface area contributed by atoms with E-state index in [2.05, 4.69) is 10.5 Å². The van der Waals surface area contributed by atoms with Crippen molar-refractivity contribution in [2.45, 2.75) is 0 Å². The highest BCUT2D eigenvalue weighted by Gasteiger charge is 2.12. The maximum Gasteiger partial charge on any atom is 0.203 e. The van der Waals surface area contributed by atoms with Gasteiger partial charge in [0, 0.05) is 10.6 Å². The van der Waals surface area contributed by atoms with E-state index in [9.17, 15) is 0 Å². The maximum absolute atomic E-state index is 5.91. The van der Waals surface area contributed by atoms with Crippen LogP contribution in [0.15, 0.2) is 41.5 Å². The highest BCUT2D eigenvalue weighted by molar-refractivity contribution is 6.30. The summed E-state index contributed by atoms with van der Waals surface area (Å²) >= 11 is 5.91. The molecule has 2 aromatic carbocycles. The van der Waals surface area contributed by atoms with Crippen LogP contribution in [-0.2, 0) is 0 Å². The Morgan fingerprint density at radius 2 is 1.68 bits per heavy atom. The smallest absolute Gasteiger partial charge is 0.203 e. The van der Waals surface area contributed by atoms with Gasteiger partial charge >= 0.3 is 0 Å². The summed E-state index contributed by atoms with van der Waals surface area (Å²) in [5.41, 5.74) is 4.52. The average Bonchev–Trinajstić information content (AvgIpc) is 2.53. The Labute approximate surface area is 134 Å². The summed E-state index contributed by atoms with van der Waals surface area (Å²) in [5.74, 6) is 1.70. The Balaban J connectivity index is 2.20. The summed E-state index contributed by atoms with van der Waals surface area (Å²) in [6.07, 6.45) is 1.66. The van der Waals surface area contributed by atoms with Crippen molar-refractivity contribution < 1.29 is 14.2 Å². The first-order chi connectivity index (χ1) is 10.7. The molecule has 0 amide bonds. The van der Waals surface area contributed by atoms with Gasteiger partial charge < -0.3 is 14.2 Å². The summed E-state index contributed by atoms with van der Waals surface area (Å²) in [4.78, 5) is 0. The van der Waals surface area contributed by atoms with E-state index < -0.39 is 0 Å². The number of hydrazone groups is 1. The molecule has 0 bridgehead atoms. The summed E-state index contributed by atoms with van der Waals surface area (Å²) in [7, 11) is 4.71. The molecule has 0 aliphatic rings. The zero-order chi connectivity index (χ0) is 15.9. The Kier molecular flexibility index (Phi) is 5.49. The number of methoxy groups -OCH3 is 3. The second-order valence-electron chi connectivity index (χ2n) is 4.34. The first kappa shape index (κ1) is 16.0. The Hall–Kier alpha value is -2.40. The molecular weight excluding hydrogens is 304 g/mol. The third-order valence-corrected chi connectivity index (χ3v) is 3.15. The number of nitrogens with zero attached hydrogens (tertiary/aromatic N) is 1. The maximum atomic E-state index is 5.91. The highest BCUT2D eigenvalue weighted by atomic mass is 35.5. The van der Waals surface area contributed by atoms with Gasteiger partial charge in [-0.25, -0.2) is 0 Å². The molecule has 0 fully saturated rings. The minimum Gasteiger partial charge on any atom is -0.493 e. The molecule has 0 aliphatic heterocycles. The number of anilines is 1. The van der Waals surface area contributed by atoms with Crippen molar-refractivity contribution in [3.8, 4) is 17.2 Å². The largest absolute Gasteiger partial charge is 0.493 e. The van der Waals surface area contributed by atoms with Crippen molar-refractivity contribution in [1.82, 2.24) is 0 Å². The van der Waals surface area contributed by atoms with E-state index in [1.165, 1.54) is 0 Å². The fourth-order valence-electron chi connectivity index (χ4n) is 1.92. The van der Waals surface area contributed by atoms with Crippen LogP contribution in [0.3, 0.4) is 0 Å². The van der Waals surface area contributed by atoms with E-state index >= 15 is 0 Å². The normalized spacial score (nSPS) is 10.5. The summed E-state index contributed by atoms with van der Waals surface area (Å²) in [6.45, 7) is 0. The number of nitrogens with one attached hydrogen (secondary N) is 1. The molecule has 2 rings (SSSR count). The van der Waals surface area contributed by atoms with Gasteiger partial charge in [0.15, 0.2) is 11.5 Å². The summed E-state index contributed by atoms with van der Waals surface area (Å²) in [6, 6.07) is 10.9. The van der Waals surface area contributed by atoms with Crippen molar-refractivity contribution in [2.75, 3.05) is 26.8 Å². The monoisotopic (exact) mass is 320 g/mol. The van der Waals surface area contributed by atoms with Crippen molar-refractivity contribution in [3.05, 3.63) is 47.0 Å². The Morgan fingerprint density at radius 3 is 2.23 bits per heavy atom. The third-order valence-electron chi connectivity index (χ3n) is 2.92. The number of rotatable bonds is 6. The topological polar surface area (TPSA) is 52.1 Å². The molecule has 0 aromatic heterocycles. The average molecular weight is 321 g/mol. The molecular formula is C16H17ClN2O3. The standard InChI is InChI=1S/C16H17ClN2O3/c1-20-14-7-11(8-15(21-2)16(14)22-3)10-18-19-13-6-4-5-12(17)9-13/h4-10,19H,1-3H3. The molecule has 0 unspecified atom stereocenters. The van der Waals surface area contributed by atoms with Crippen LogP contribution in [0.2, 0.25) is 5.02 Å². The molecule has 0 saturated carbocycles. The quantitative estimate of drug-likeness (QED) is 0.649. The summed E-state index contributed by atoms with van der Waals surface area (Å²) < 4.78 is 15.9. The van der Waals surface area contributed by atoms with Crippen LogP contribution < -0.4 is 19.6 Å². The predicted molar refractivity (Wildman–Crippen MR) is 88.8 cm³/mol. The predicted octanol–water partition coefficient (Wildman–Crippen LogP) is 3.81. The van der Waals surface area contributed by atoms with Gasteiger partial charge in [0.25, 0.3) is 0 Å². The number of hydrogen-bond donors (Lipinski definition) is 1. The number of ether oxygens (including phenoxy) is 3. The lowest BCUT2D eigenvalue weighted by Crippen LogP contribution is -1.97. The molecule has 0 aliphatic carbocycles. The molecule has 0 spiro atoms. The molecule has 5 nitrogen and oxygen atoms in total. The van der Waals surface area contributed by atoms with Gasteiger partial charge in [0.1, 0.15) is 0 Å². The van der Waals surface area contributed by atoms with Crippen molar-refractivity contribution in [3.63, 3.8) is 0 Å². The van der Waals surface area contributed by atoms with E-state index in [0.29, 0.717) is 22.3 Å². The fourth-order valence-corrected chi connectivity index (χ4v) is 2.11. The van der Waals surface area contributed by atoms with E-state index in [1.807, 2.05) is 24.3 Å². The third kappa shape index (κ3) is 3.83. The lowest BCUT2D eigenvalue weighted by Gasteiger charge is -2.12. The molecule has 2 aromatic rings. The number of halogens is 1. The Morgan fingerprint density at radius 1 is 1.00 bits per heavy atom. The van der Waals surface area contributed by atoms with E-state index in [4.69, 9.17) is 25.8 Å². The molecule has 116 valence electrons. The zero-order valence-corrected chi connectivity index (χ0v) is 13.3. The van der Waals surface area contributed by atoms with Gasteiger partial charge in [-0.3, -0.25) is 5.43 Å². The van der Waals surface area contributed by atoms with Gasteiger partial charge in [0.05, 0.1) is 33.2 Å².